The summed E-state index contributed by atoms with van der Waals surface area (Å²) >= 11 is 1.60. The van der Waals surface area contributed by atoms with E-state index in [2.05, 4.69) is 31.9 Å². The van der Waals surface area contributed by atoms with Crippen LogP contribution in [0.3, 0.4) is 0 Å². The average Bonchev–Trinajstić information content (AvgIpc) is 3.24. The van der Waals surface area contributed by atoms with Crippen LogP contribution < -0.4 is 0 Å². The zero-order chi connectivity index (χ0) is 12.8. The number of aromatic nitrogens is 4. The molecule has 5 nitrogen and oxygen atoms in total. The molecule has 0 unspecified atom stereocenters. The summed E-state index contributed by atoms with van der Waals surface area (Å²) in [5, 5.41) is 10.4. The standard InChI is InChI=1S/C13H12N4OS/c1-17-10-5-3-2-4-9(10)11-12(17)14-13(16-15-11)19-7-8-6-18-8/h2-5,8H,6-7H2,1H3/t8-/m1/s1. The molecule has 1 saturated heterocycles. The van der Waals surface area contributed by atoms with Crippen LogP contribution in [0.1, 0.15) is 0 Å². The van der Waals surface area contributed by atoms with Gasteiger partial charge in [0.2, 0.25) is 5.16 Å². The number of ether oxygens (including phenoxy) is 1. The summed E-state index contributed by atoms with van der Waals surface area (Å²) in [6, 6.07) is 8.16. The number of epoxide rings is 1. The highest BCUT2D eigenvalue weighted by Gasteiger charge is 2.23. The highest BCUT2D eigenvalue weighted by Crippen LogP contribution is 2.26. The maximum atomic E-state index is 5.19. The largest absolute Gasteiger partial charge is 0.372 e. The molecule has 19 heavy (non-hydrogen) atoms. The van der Waals surface area contributed by atoms with Crippen molar-refractivity contribution in [3.05, 3.63) is 24.3 Å². The van der Waals surface area contributed by atoms with Crippen molar-refractivity contribution in [2.75, 3.05) is 12.4 Å². The Balaban J connectivity index is 1.83. The molecule has 1 aromatic carbocycles. The van der Waals surface area contributed by atoms with E-state index in [1.165, 1.54) is 0 Å². The van der Waals surface area contributed by atoms with Crippen LogP contribution in [0.5, 0.6) is 0 Å². The van der Waals surface area contributed by atoms with Gasteiger partial charge in [0, 0.05) is 18.2 Å². The third kappa shape index (κ3) is 1.87. The molecule has 1 fully saturated rings. The molecular weight excluding hydrogens is 260 g/mol. The Kier molecular flexibility index (Phi) is 2.46. The lowest BCUT2D eigenvalue weighted by Crippen LogP contribution is -1.97. The molecule has 0 saturated carbocycles. The predicted octanol–water partition coefficient (Wildman–Crippen LogP) is 2.01. The van der Waals surface area contributed by atoms with Gasteiger partial charge in [-0.3, -0.25) is 0 Å². The summed E-state index contributed by atoms with van der Waals surface area (Å²) in [4.78, 5) is 4.61. The van der Waals surface area contributed by atoms with E-state index in [1.807, 2.05) is 19.2 Å². The van der Waals surface area contributed by atoms with E-state index in [0.717, 1.165) is 34.4 Å². The molecule has 1 atom stereocenters. The van der Waals surface area contributed by atoms with Crippen LogP contribution in [0.4, 0.5) is 0 Å². The SMILES string of the molecule is Cn1c2ccccc2c2nnc(SC[C@H]3CO3)nc21. The van der Waals surface area contributed by atoms with Gasteiger partial charge in [0.15, 0.2) is 5.65 Å². The molecule has 4 rings (SSSR count). The number of benzene rings is 1. The molecule has 0 N–H and O–H groups in total. The van der Waals surface area contributed by atoms with Gasteiger partial charge in [0.05, 0.1) is 18.2 Å². The Bertz CT molecular complexity index is 766. The molecule has 96 valence electrons. The lowest BCUT2D eigenvalue weighted by molar-refractivity contribution is 0.426. The van der Waals surface area contributed by atoms with Crippen LogP contribution in [0.15, 0.2) is 29.4 Å². The van der Waals surface area contributed by atoms with Gasteiger partial charge in [-0.1, -0.05) is 30.0 Å². The molecule has 0 bridgehead atoms. The molecule has 3 heterocycles. The van der Waals surface area contributed by atoms with Crippen molar-refractivity contribution in [2.24, 2.45) is 7.05 Å². The molecule has 0 radical (unpaired) electrons. The summed E-state index contributed by atoms with van der Waals surface area (Å²) in [5.41, 5.74) is 2.88. The van der Waals surface area contributed by atoms with Crippen LogP contribution in [0.25, 0.3) is 22.1 Å². The van der Waals surface area contributed by atoms with Gasteiger partial charge < -0.3 is 9.30 Å². The van der Waals surface area contributed by atoms with Gasteiger partial charge in [-0.05, 0) is 6.07 Å². The lowest BCUT2D eigenvalue weighted by Gasteiger charge is -1.98. The Hall–Kier alpha value is -1.66. The summed E-state index contributed by atoms with van der Waals surface area (Å²) in [6.07, 6.45) is 0.372. The van der Waals surface area contributed by atoms with Crippen LogP contribution >= 0.6 is 11.8 Å². The van der Waals surface area contributed by atoms with E-state index >= 15 is 0 Å². The van der Waals surface area contributed by atoms with Crippen molar-refractivity contribution in [2.45, 2.75) is 11.3 Å². The van der Waals surface area contributed by atoms with Gasteiger partial charge >= 0.3 is 0 Å². The van der Waals surface area contributed by atoms with Crippen LogP contribution in [-0.4, -0.2) is 38.2 Å². The number of aryl methyl sites for hydroxylation is 1. The highest BCUT2D eigenvalue weighted by atomic mass is 32.2. The molecule has 1 aliphatic heterocycles. The van der Waals surface area contributed by atoms with E-state index in [0.29, 0.717) is 11.3 Å². The molecular formula is C13H12N4OS. The summed E-state index contributed by atoms with van der Waals surface area (Å²) in [5.74, 6) is 0.900. The molecule has 6 heteroatoms. The first-order valence-electron chi connectivity index (χ1n) is 6.15. The van der Waals surface area contributed by atoms with E-state index < -0.39 is 0 Å². The van der Waals surface area contributed by atoms with Crippen molar-refractivity contribution in [1.82, 2.24) is 19.7 Å². The second-order valence-electron chi connectivity index (χ2n) is 4.61. The Morgan fingerprint density at radius 2 is 2.21 bits per heavy atom. The third-order valence-electron chi connectivity index (χ3n) is 3.29. The first kappa shape index (κ1) is 11.2. The second-order valence-corrected chi connectivity index (χ2v) is 5.60. The number of thioether (sulfide) groups is 1. The molecule has 0 spiro atoms. The monoisotopic (exact) mass is 272 g/mol. The van der Waals surface area contributed by atoms with Gasteiger partial charge in [0.1, 0.15) is 5.52 Å². The lowest BCUT2D eigenvalue weighted by atomic mass is 10.2. The number of nitrogens with zero attached hydrogens (tertiary/aromatic N) is 4. The van der Waals surface area contributed by atoms with Crippen molar-refractivity contribution in [3.8, 4) is 0 Å². The fourth-order valence-electron chi connectivity index (χ4n) is 2.18. The Labute approximate surface area is 114 Å². The van der Waals surface area contributed by atoms with Gasteiger partial charge in [-0.15, -0.1) is 10.2 Å². The number of hydrogen-bond acceptors (Lipinski definition) is 5. The zero-order valence-corrected chi connectivity index (χ0v) is 11.2. The van der Waals surface area contributed by atoms with Crippen molar-refractivity contribution in [3.63, 3.8) is 0 Å². The topological polar surface area (TPSA) is 56.1 Å². The number of fused-ring (bicyclic) bond motifs is 3. The van der Waals surface area contributed by atoms with E-state index in [1.54, 1.807) is 11.8 Å². The number of hydrogen-bond donors (Lipinski definition) is 0. The van der Waals surface area contributed by atoms with Gasteiger partial charge in [0.25, 0.3) is 0 Å². The fraction of sp³-hybridized carbons (Fsp3) is 0.308. The molecule has 0 aliphatic carbocycles. The van der Waals surface area contributed by atoms with Crippen LogP contribution in [-0.2, 0) is 11.8 Å². The molecule has 2 aromatic heterocycles. The van der Waals surface area contributed by atoms with Gasteiger partial charge in [-0.2, -0.15) is 0 Å². The minimum absolute atomic E-state index is 0.372. The van der Waals surface area contributed by atoms with Crippen molar-refractivity contribution < 1.29 is 4.74 Å². The normalized spacial score (nSPS) is 18.3. The smallest absolute Gasteiger partial charge is 0.211 e. The third-order valence-corrected chi connectivity index (χ3v) is 4.26. The average molecular weight is 272 g/mol. The predicted molar refractivity (Wildman–Crippen MR) is 74.3 cm³/mol. The summed E-state index contributed by atoms with van der Waals surface area (Å²) in [7, 11) is 2.01. The minimum atomic E-state index is 0.372. The summed E-state index contributed by atoms with van der Waals surface area (Å²) < 4.78 is 7.25. The van der Waals surface area contributed by atoms with Crippen molar-refractivity contribution >= 4 is 33.8 Å². The minimum Gasteiger partial charge on any atom is -0.372 e. The quantitative estimate of drug-likeness (QED) is 0.539. The highest BCUT2D eigenvalue weighted by molar-refractivity contribution is 7.99. The Morgan fingerprint density at radius 3 is 3.05 bits per heavy atom. The second kappa shape index (κ2) is 4.18. The van der Waals surface area contributed by atoms with Crippen LogP contribution in [0, 0.1) is 0 Å². The first-order chi connectivity index (χ1) is 9.33. The van der Waals surface area contributed by atoms with E-state index in [-0.39, 0.29) is 0 Å². The van der Waals surface area contributed by atoms with E-state index in [4.69, 9.17) is 4.74 Å². The Morgan fingerprint density at radius 1 is 1.37 bits per heavy atom. The van der Waals surface area contributed by atoms with Crippen molar-refractivity contribution in [1.29, 1.82) is 0 Å². The fourth-order valence-corrected chi connectivity index (χ4v) is 2.96. The maximum Gasteiger partial charge on any atom is 0.211 e. The van der Waals surface area contributed by atoms with Crippen LogP contribution in [0.2, 0.25) is 0 Å². The molecule has 1 aliphatic rings. The zero-order valence-electron chi connectivity index (χ0n) is 10.4. The molecule has 3 aromatic rings. The molecule has 0 amide bonds. The van der Waals surface area contributed by atoms with Gasteiger partial charge in [-0.25, -0.2) is 4.98 Å². The summed E-state index contributed by atoms with van der Waals surface area (Å²) in [6.45, 7) is 0.858. The number of rotatable bonds is 3. The number of para-hydroxylation sites is 1. The first-order valence-corrected chi connectivity index (χ1v) is 7.14. The maximum absolute atomic E-state index is 5.19. The van der Waals surface area contributed by atoms with E-state index in [9.17, 15) is 0 Å².